The molecule has 4 nitrogen and oxygen atoms in total. The summed E-state index contributed by atoms with van der Waals surface area (Å²) in [4.78, 5) is 13.6. The summed E-state index contributed by atoms with van der Waals surface area (Å²) in [7, 11) is -2.88. The van der Waals surface area contributed by atoms with Crippen molar-refractivity contribution in [3.8, 4) is 0 Å². The Labute approximate surface area is 64.2 Å². The minimum atomic E-state index is -2.88. The average molecular weight is 172 g/mol. The van der Waals surface area contributed by atoms with Gasteiger partial charge in [-0.3, -0.25) is 4.79 Å². The zero-order chi connectivity index (χ0) is 8.48. The second-order valence-electron chi connectivity index (χ2n) is 2.22. The summed E-state index contributed by atoms with van der Waals surface area (Å²) in [5.41, 5.74) is -0.355. The van der Waals surface area contributed by atoms with Gasteiger partial charge >= 0.3 is 0 Å². The van der Waals surface area contributed by atoms with Crippen LogP contribution in [0.2, 0.25) is 0 Å². The highest BCUT2D eigenvalue weighted by atomic mass is 32.2. The molecule has 5 heteroatoms. The summed E-state index contributed by atoms with van der Waals surface area (Å²) < 4.78 is 18.2. The normalized spacial score (nSPS) is 15.7. The summed E-state index contributed by atoms with van der Waals surface area (Å²) in [6.45, 7) is 0. The molecule has 0 aliphatic rings. The van der Waals surface area contributed by atoms with Crippen LogP contribution in [0.25, 0.3) is 0 Å². The number of pyridine rings is 1. The highest BCUT2D eigenvalue weighted by Crippen LogP contribution is 1.98. The van der Waals surface area contributed by atoms with E-state index in [1.807, 2.05) is 0 Å². The second-order valence-corrected chi connectivity index (χ2v) is 4.34. The third-order valence-electron chi connectivity index (χ3n) is 1.21. The molecule has 0 aliphatic carbocycles. The number of hydrogen-bond donors (Lipinski definition) is 2. The predicted octanol–water partition coefficient (Wildman–Crippen LogP) is 0.410. The first-order valence-electron chi connectivity index (χ1n) is 2.93. The van der Waals surface area contributed by atoms with Gasteiger partial charge in [-0.05, 0) is 0 Å². The number of nitrogens with one attached hydrogen (secondary N) is 2. The first kappa shape index (κ1) is 8.00. The van der Waals surface area contributed by atoms with Gasteiger partial charge in [-0.25, -0.2) is 8.99 Å². The van der Waals surface area contributed by atoms with Crippen LogP contribution < -0.4 is 5.43 Å². The van der Waals surface area contributed by atoms with Crippen LogP contribution in [0.5, 0.6) is 0 Å². The largest absolute Gasteiger partial charge is 0.366 e. The molecule has 0 bridgehead atoms. The molecule has 0 spiro atoms. The number of rotatable bonds is 1. The standard InChI is InChI=1S/C6H8N2O2S/c1-11(7,10)6-4-8-3-2-5(6)9/h2-4,7H,1H3,(H,8,9). The molecule has 0 aliphatic heterocycles. The van der Waals surface area contributed by atoms with Crippen molar-refractivity contribution in [1.29, 1.82) is 4.78 Å². The van der Waals surface area contributed by atoms with Crippen LogP contribution >= 0.6 is 0 Å². The van der Waals surface area contributed by atoms with Crippen LogP contribution in [-0.2, 0) is 9.73 Å². The maximum absolute atomic E-state index is 11.1. The second kappa shape index (κ2) is 2.50. The molecule has 0 saturated carbocycles. The van der Waals surface area contributed by atoms with Crippen LogP contribution in [0.4, 0.5) is 0 Å². The van der Waals surface area contributed by atoms with E-state index in [0.717, 1.165) is 0 Å². The van der Waals surface area contributed by atoms with Crippen LogP contribution in [0.1, 0.15) is 0 Å². The number of hydrogen-bond acceptors (Lipinski definition) is 3. The van der Waals surface area contributed by atoms with Crippen LogP contribution in [-0.4, -0.2) is 15.4 Å². The van der Waals surface area contributed by atoms with Crippen molar-refractivity contribution in [3.63, 3.8) is 0 Å². The molecule has 1 unspecified atom stereocenters. The van der Waals surface area contributed by atoms with Crippen molar-refractivity contribution in [2.45, 2.75) is 4.90 Å². The molecule has 0 fully saturated rings. The smallest absolute Gasteiger partial charge is 0.198 e. The SMILES string of the molecule is CS(=N)(=O)c1c[nH]ccc1=O. The first-order chi connectivity index (χ1) is 5.02. The molecule has 0 saturated heterocycles. The molecular weight excluding hydrogens is 164 g/mol. The van der Waals surface area contributed by atoms with E-state index in [-0.39, 0.29) is 10.3 Å². The highest BCUT2D eigenvalue weighted by molar-refractivity contribution is 7.91. The minimum Gasteiger partial charge on any atom is -0.366 e. The molecule has 0 amide bonds. The maximum atomic E-state index is 11.1. The van der Waals surface area contributed by atoms with E-state index in [2.05, 4.69) is 4.98 Å². The first-order valence-corrected chi connectivity index (χ1v) is 4.89. The summed E-state index contributed by atoms with van der Waals surface area (Å²) in [5.74, 6) is 0. The van der Waals surface area contributed by atoms with E-state index >= 15 is 0 Å². The summed E-state index contributed by atoms with van der Waals surface area (Å²) in [6.07, 6.45) is 3.96. The van der Waals surface area contributed by atoms with Crippen molar-refractivity contribution >= 4 is 9.73 Å². The topological polar surface area (TPSA) is 73.8 Å². The molecule has 2 N–H and O–H groups in total. The van der Waals surface area contributed by atoms with Gasteiger partial charge in [0.2, 0.25) is 0 Å². The number of aromatic amines is 1. The van der Waals surface area contributed by atoms with Gasteiger partial charge in [-0.2, -0.15) is 0 Å². The summed E-state index contributed by atoms with van der Waals surface area (Å²) >= 11 is 0. The Morgan fingerprint density at radius 2 is 2.27 bits per heavy atom. The highest BCUT2D eigenvalue weighted by Gasteiger charge is 2.05. The van der Waals surface area contributed by atoms with Gasteiger partial charge in [0.1, 0.15) is 4.90 Å². The maximum Gasteiger partial charge on any atom is 0.198 e. The predicted molar refractivity (Wildman–Crippen MR) is 42.1 cm³/mol. The Hall–Kier alpha value is -1.10. The van der Waals surface area contributed by atoms with Crippen molar-refractivity contribution in [3.05, 3.63) is 28.7 Å². The lowest BCUT2D eigenvalue weighted by atomic mass is 10.5. The fourth-order valence-electron chi connectivity index (χ4n) is 0.705. The molecule has 1 atom stereocenters. The van der Waals surface area contributed by atoms with Gasteiger partial charge in [0.25, 0.3) is 0 Å². The number of H-pyrrole nitrogens is 1. The minimum absolute atomic E-state index is 0.0278. The Morgan fingerprint density at radius 3 is 2.64 bits per heavy atom. The summed E-state index contributed by atoms with van der Waals surface area (Å²) in [6, 6.07) is 1.26. The van der Waals surface area contributed by atoms with Gasteiger partial charge in [0, 0.05) is 24.7 Å². The zero-order valence-corrected chi connectivity index (χ0v) is 6.77. The Kier molecular flexibility index (Phi) is 1.82. The van der Waals surface area contributed by atoms with E-state index in [4.69, 9.17) is 4.78 Å². The molecule has 0 aromatic carbocycles. The van der Waals surface area contributed by atoms with Crippen LogP contribution in [0.3, 0.4) is 0 Å². The van der Waals surface area contributed by atoms with E-state index in [1.54, 1.807) is 0 Å². The average Bonchev–Trinajstić information content (AvgIpc) is 1.86. The fourth-order valence-corrected chi connectivity index (χ4v) is 1.45. The number of aromatic nitrogens is 1. The quantitative estimate of drug-likeness (QED) is 0.643. The van der Waals surface area contributed by atoms with Crippen molar-refractivity contribution < 1.29 is 4.21 Å². The third-order valence-corrected chi connectivity index (χ3v) is 2.37. The van der Waals surface area contributed by atoms with E-state index in [1.165, 1.54) is 24.7 Å². The van der Waals surface area contributed by atoms with Gasteiger partial charge in [-0.1, -0.05) is 0 Å². The fraction of sp³-hybridized carbons (Fsp3) is 0.167. The lowest BCUT2D eigenvalue weighted by molar-refractivity contribution is 0.678. The van der Waals surface area contributed by atoms with Gasteiger partial charge < -0.3 is 4.98 Å². The van der Waals surface area contributed by atoms with E-state index in [9.17, 15) is 9.00 Å². The molecule has 1 aromatic rings. The lowest BCUT2D eigenvalue weighted by Crippen LogP contribution is -2.11. The molecule has 11 heavy (non-hydrogen) atoms. The molecule has 1 rings (SSSR count). The van der Waals surface area contributed by atoms with Gasteiger partial charge in [0.15, 0.2) is 5.43 Å². The lowest BCUT2D eigenvalue weighted by Gasteiger charge is -1.96. The molecule has 0 radical (unpaired) electrons. The third kappa shape index (κ3) is 1.68. The van der Waals surface area contributed by atoms with Crippen molar-refractivity contribution in [1.82, 2.24) is 4.98 Å². The van der Waals surface area contributed by atoms with E-state index in [0.29, 0.717) is 0 Å². The van der Waals surface area contributed by atoms with Gasteiger partial charge in [0.05, 0.1) is 9.73 Å². The monoisotopic (exact) mass is 172 g/mol. The Bertz CT molecular complexity index is 405. The van der Waals surface area contributed by atoms with E-state index < -0.39 is 9.73 Å². The van der Waals surface area contributed by atoms with Crippen molar-refractivity contribution in [2.75, 3.05) is 6.26 Å². The van der Waals surface area contributed by atoms with Crippen LogP contribution in [0.15, 0.2) is 28.2 Å². The molecule has 60 valence electrons. The molecule has 1 heterocycles. The van der Waals surface area contributed by atoms with Gasteiger partial charge in [-0.15, -0.1) is 0 Å². The summed E-state index contributed by atoms with van der Waals surface area (Å²) in [5, 5.41) is 0. The Balaban J connectivity index is 3.50. The van der Waals surface area contributed by atoms with Crippen LogP contribution in [0, 0.1) is 4.78 Å². The molecule has 1 aromatic heterocycles. The Morgan fingerprint density at radius 1 is 1.64 bits per heavy atom. The van der Waals surface area contributed by atoms with Crippen molar-refractivity contribution in [2.24, 2.45) is 0 Å². The molecular formula is C6H8N2O2S. The zero-order valence-electron chi connectivity index (χ0n) is 5.96.